The van der Waals surface area contributed by atoms with Gasteiger partial charge in [0, 0.05) is 31.9 Å². The Morgan fingerprint density at radius 2 is 1.42 bits per heavy atom. The molecule has 1 atom stereocenters. The zero-order chi connectivity index (χ0) is 25.1. The number of nitrogens with zero attached hydrogens (tertiary/aromatic N) is 5. The summed E-state index contributed by atoms with van der Waals surface area (Å²) in [6.45, 7) is 2.71. The maximum absolute atomic E-state index is 13.6. The van der Waals surface area contributed by atoms with Crippen LogP contribution >= 0.6 is 0 Å². The highest BCUT2D eigenvalue weighted by Gasteiger charge is 2.35. The van der Waals surface area contributed by atoms with Crippen molar-refractivity contribution in [3.05, 3.63) is 84.6 Å². The molecule has 0 aliphatic carbocycles. The van der Waals surface area contributed by atoms with E-state index in [0.717, 1.165) is 18.8 Å². The molecule has 9 heteroatoms. The van der Waals surface area contributed by atoms with Gasteiger partial charge < -0.3 is 14.5 Å². The van der Waals surface area contributed by atoms with Crippen molar-refractivity contribution in [3.63, 3.8) is 0 Å². The second kappa shape index (κ2) is 9.84. The number of nitriles is 1. The summed E-state index contributed by atoms with van der Waals surface area (Å²) in [6, 6.07) is 25.5. The van der Waals surface area contributed by atoms with Gasteiger partial charge in [0.05, 0.1) is 29.1 Å². The first-order chi connectivity index (χ1) is 17.5. The van der Waals surface area contributed by atoms with E-state index < -0.39 is 15.1 Å². The molecule has 1 fully saturated rings. The fourth-order valence-corrected chi connectivity index (χ4v) is 5.79. The lowest BCUT2D eigenvalue weighted by Crippen LogP contribution is -2.47. The number of hydrogen-bond donors (Lipinski definition) is 0. The van der Waals surface area contributed by atoms with Gasteiger partial charge in [0.15, 0.2) is 11.1 Å². The molecule has 4 aromatic rings. The van der Waals surface area contributed by atoms with E-state index in [9.17, 15) is 13.7 Å². The van der Waals surface area contributed by atoms with E-state index in [0.29, 0.717) is 35.7 Å². The number of para-hydroxylation sites is 3. The molecule has 36 heavy (non-hydrogen) atoms. The van der Waals surface area contributed by atoms with Crippen molar-refractivity contribution in [2.45, 2.75) is 10.1 Å². The fourth-order valence-electron chi connectivity index (χ4n) is 4.41. The molecular formula is C27H25N5O3S. The molecule has 0 amide bonds. The summed E-state index contributed by atoms with van der Waals surface area (Å²) in [4.78, 5) is 13.8. The van der Waals surface area contributed by atoms with Gasteiger partial charge in [0.25, 0.3) is 0 Å². The number of piperazine rings is 1. The van der Waals surface area contributed by atoms with Crippen LogP contribution in [0.2, 0.25) is 0 Å². The second-order valence-electron chi connectivity index (χ2n) is 8.46. The maximum atomic E-state index is 13.6. The average molecular weight is 500 g/mol. The number of fused-ring (bicyclic) bond motifs is 1. The van der Waals surface area contributed by atoms with E-state index >= 15 is 0 Å². The SMILES string of the molecule is COc1ccc(S(=O)(=O)[C@H](C#N)c2nc3ccccc3nc2N2CCN(c3ccccc3)CC2)cc1. The molecule has 1 saturated heterocycles. The number of aromatic nitrogens is 2. The van der Waals surface area contributed by atoms with Crippen molar-refractivity contribution in [2.75, 3.05) is 43.1 Å². The van der Waals surface area contributed by atoms with Crippen LogP contribution in [0.1, 0.15) is 10.9 Å². The highest BCUT2D eigenvalue weighted by atomic mass is 32.2. The zero-order valence-corrected chi connectivity index (χ0v) is 20.6. The Kier molecular flexibility index (Phi) is 6.44. The predicted molar refractivity (Wildman–Crippen MR) is 139 cm³/mol. The number of rotatable bonds is 6. The number of sulfone groups is 1. The molecule has 0 bridgehead atoms. The third-order valence-electron chi connectivity index (χ3n) is 6.34. The van der Waals surface area contributed by atoms with Crippen LogP contribution in [0.3, 0.4) is 0 Å². The van der Waals surface area contributed by atoms with Crippen LogP contribution in [0.15, 0.2) is 83.8 Å². The Bertz CT molecular complexity index is 1510. The third-order valence-corrected chi connectivity index (χ3v) is 8.22. The van der Waals surface area contributed by atoms with Crippen LogP contribution < -0.4 is 14.5 Å². The van der Waals surface area contributed by atoms with E-state index in [2.05, 4.69) is 22.0 Å². The zero-order valence-electron chi connectivity index (χ0n) is 19.8. The smallest absolute Gasteiger partial charge is 0.200 e. The molecule has 0 N–H and O–H groups in total. The molecule has 182 valence electrons. The minimum atomic E-state index is -4.07. The first kappa shape index (κ1) is 23.6. The molecule has 0 saturated carbocycles. The van der Waals surface area contributed by atoms with E-state index in [1.54, 1.807) is 18.2 Å². The fraction of sp³-hybridized carbons (Fsp3) is 0.222. The van der Waals surface area contributed by atoms with Gasteiger partial charge in [-0.1, -0.05) is 30.3 Å². The van der Waals surface area contributed by atoms with Crippen LogP contribution in [0, 0.1) is 11.3 Å². The molecule has 0 spiro atoms. The van der Waals surface area contributed by atoms with Gasteiger partial charge in [-0.3, -0.25) is 0 Å². The number of ether oxygens (including phenoxy) is 1. The summed E-state index contributed by atoms with van der Waals surface area (Å²) in [6.07, 6.45) is 0. The molecule has 8 nitrogen and oxygen atoms in total. The standard InChI is InChI=1S/C27H25N5O3S/c1-35-21-11-13-22(14-12-21)36(33,34)25(19-28)26-27(30-24-10-6-5-9-23(24)29-26)32-17-15-31(16-18-32)20-7-3-2-4-8-20/h2-14,25H,15-18H2,1H3/t25-/m1/s1. The summed E-state index contributed by atoms with van der Waals surface area (Å²) in [5.74, 6) is 0.968. The van der Waals surface area contributed by atoms with Crippen LogP contribution in [0.4, 0.5) is 11.5 Å². The Morgan fingerprint density at radius 1 is 0.833 bits per heavy atom. The molecule has 1 aliphatic rings. The lowest BCUT2D eigenvalue weighted by molar-refractivity contribution is 0.414. The van der Waals surface area contributed by atoms with Crippen LogP contribution in [0.5, 0.6) is 5.75 Å². The van der Waals surface area contributed by atoms with Gasteiger partial charge in [-0.2, -0.15) is 5.26 Å². The Labute approximate surface area is 210 Å². The third kappa shape index (κ3) is 4.43. The monoisotopic (exact) mass is 499 g/mol. The molecule has 1 aliphatic heterocycles. The van der Waals surface area contributed by atoms with Gasteiger partial charge in [0.1, 0.15) is 11.4 Å². The summed E-state index contributed by atoms with van der Waals surface area (Å²) >= 11 is 0. The highest BCUT2D eigenvalue weighted by molar-refractivity contribution is 7.92. The summed E-state index contributed by atoms with van der Waals surface area (Å²) in [7, 11) is -2.56. The van der Waals surface area contributed by atoms with Crippen molar-refractivity contribution >= 4 is 32.4 Å². The van der Waals surface area contributed by atoms with Crippen LogP contribution in [0.25, 0.3) is 11.0 Å². The van der Waals surface area contributed by atoms with E-state index in [1.807, 2.05) is 47.4 Å². The van der Waals surface area contributed by atoms with Crippen molar-refractivity contribution in [1.29, 1.82) is 5.26 Å². The normalized spacial score (nSPS) is 14.9. The average Bonchev–Trinajstić information content (AvgIpc) is 2.93. The van der Waals surface area contributed by atoms with Gasteiger partial charge in [-0.15, -0.1) is 0 Å². The quantitative estimate of drug-likeness (QED) is 0.393. The van der Waals surface area contributed by atoms with Crippen LogP contribution in [-0.4, -0.2) is 51.7 Å². The van der Waals surface area contributed by atoms with E-state index in [1.165, 1.54) is 19.2 Å². The number of methoxy groups -OCH3 is 1. The van der Waals surface area contributed by atoms with Gasteiger partial charge in [0.2, 0.25) is 9.84 Å². The lowest BCUT2D eigenvalue weighted by Gasteiger charge is -2.37. The minimum Gasteiger partial charge on any atom is -0.497 e. The summed E-state index contributed by atoms with van der Waals surface area (Å²) < 4.78 is 32.4. The topological polar surface area (TPSA) is 99.4 Å². The van der Waals surface area contributed by atoms with Gasteiger partial charge >= 0.3 is 0 Å². The second-order valence-corrected chi connectivity index (χ2v) is 10.5. The maximum Gasteiger partial charge on any atom is 0.200 e. The molecular weight excluding hydrogens is 474 g/mol. The van der Waals surface area contributed by atoms with Crippen LogP contribution in [-0.2, 0) is 9.84 Å². The van der Waals surface area contributed by atoms with Gasteiger partial charge in [-0.05, 0) is 48.5 Å². The highest BCUT2D eigenvalue weighted by Crippen LogP contribution is 2.35. The number of hydrogen-bond acceptors (Lipinski definition) is 8. The molecule has 2 heterocycles. The van der Waals surface area contributed by atoms with Crippen molar-refractivity contribution in [2.24, 2.45) is 0 Å². The Hall–Kier alpha value is -4.16. The Morgan fingerprint density at radius 3 is 2.03 bits per heavy atom. The first-order valence-electron chi connectivity index (χ1n) is 11.6. The summed E-state index contributed by atoms with van der Waals surface area (Å²) in [5, 5.41) is 8.61. The number of benzene rings is 3. The molecule has 5 rings (SSSR count). The predicted octanol–water partition coefficient (Wildman–Crippen LogP) is 4.00. The van der Waals surface area contributed by atoms with Crippen molar-refractivity contribution in [1.82, 2.24) is 9.97 Å². The molecule has 3 aromatic carbocycles. The first-order valence-corrected chi connectivity index (χ1v) is 13.1. The lowest BCUT2D eigenvalue weighted by atomic mass is 10.2. The molecule has 1 aromatic heterocycles. The van der Waals surface area contributed by atoms with E-state index in [4.69, 9.17) is 9.72 Å². The summed E-state index contributed by atoms with van der Waals surface area (Å²) in [5.41, 5.74) is 2.49. The van der Waals surface area contributed by atoms with E-state index in [-0.39, 0.29) is 10.6 Å². The minimum absolute atomic E-state index is 0.0321. The molecule has 0 unspecified atom stereocenters. The largest absolute Gasteiger partial charge is 0.497 e. The van der Waals surface area contributed by atoms with Crippen molar-refractivity contribution in [3.8, 4) is 11.8 Å². The number of anilines is 2. The Balaban J connectivity index is 1.54. The van der Waals surface area contributed by atoms with Crippen molar-refractivity contribution < 1.29 is 13.2 Å². The van der Waals surface area contributed by atoms with Gasteiger partial charge in [-0.25, -0.2) is 18.4 Å². The molecule has 0 radical (unpaired) electrons.